The Morgan fingerprint density at radius 3 is 1.58 bits per heavy atom. The monoisotopic (exact) mass is 162 g/mol. The van der Waals surface area contributed by atoms with Crippen LogP contribution in [-0.4, -0.2) is 19.1 Å². The number of hydrogen-bond donors (Lipinski definition) is 0. The smallest absolute Gasteiger partial charge is 0.176 e. The zero-order valence-corrected chi connectivity index (χ0v) is 7.10. The standard InChI is InChI=1S/C8H10N4/c1-11-5-3-9-7(11)8-10-4-6-12(8)2/h3-6H,1-2H3. The van der Waals surface area contributed by atoms with Gasteiger partial charge in [0, 0.05) is 38.9 Å². The molecule has 0 aliphatic carbocycles. The van der Waals surface area contributed by atoms with Gasteiger partial charge in [-0.3, -0.25) is 0 Å². The van der Waals surface area contributed by atoms with Crippen molar-refractivity contribution in [3.8, 4) is 11.6 Å². The Balaban J connectivity index is 2.57. The van der Waals surface area contributed by atoms with Crippen molar-refractivity contribution in [1.29, 1.82) is 0 Å². The Bertz CT molecular complexity index is 347. The second-order valence-electron chi connectivity index (χ2n) is 2.72. The van der Waals surface area contributed by atoms with Crippen molar-refractivity contribution in [3.05, 3.63) is 24.8 Å². The highest BCUT2D eigenvalue weighted by molar-refractivity contribution is 5.44. The van der Waals surface area contributed by atoms with Gasteiger partial charge in [0.1, 0.15) is 0 Å². The summed E-state index contributed by atoms with van der Waals surface area (Å²) in [6.07, 6.45) is 7.35. The molecule has 2 heterocycles. The first-order valence-electron chi connectivity index (χ1n) is 3.74. The fourth-order valence-corrected chi connectivity index (χ4v) is 1.16. The number of nitrogens with zero attached hydrogens (tertiary/aromatic N) is 4. The van der Waals surface area contributed by atoms with E-state index in [-0.39, 0.29) is 0 Å². The number of aromatic nitrogens is 4. The van der Waals surface area contributed by atoms with E-state index in [1.54, 1.807) is 12.4 Å². The second kappa shape index (κ2) is 2.48. The summed E-state index contributed by atoms with van der Waals surface area (Å²) in [5, 5.41) is 0. The third kappa shape index (κ3) is 0.922. The van der Waals surface area contributed by atoms with Gasteiger partial charge < -0.3 is 9.13 Å². The summed E-state index contributed by atoms with van der Waals surface area (Å²) in [5.41, 5.74) is 0. The zero-order chi connectivity index (χ0) is 8.55. The van der Waals surface area contributed by atoms with Crippen molar-refractivity contribution in [3.63, 3.8) is 0 Å². The lowest BCUT2D eigenvalue weighted by Crippen LogP contribution is -1.98. The lowest BCUT2D eigenvalue weighted by atomic mass is 10.5. The third-order valence-corrected chi connectivity index (χ3v) is 1.84. The van der Waals surface area contributed by atoms with E-state index in [2.05, 4.69) is 9.97 Å². The van der Waals surface area contributed by atoms with Crippen LogP contribution >= 0.6 is 0 Å². The first-order chi connectivity index (χ1) is 5.79. The van der Waals surface area contributed by atoms with Crippen molar-refractivity contribution < 1.29 is 0 Å². The van der Waals surface area contributed by atoms with Crippen LogP contribution in [0.3, 0.4) is 0 Å². The molecule has 0 aromatic carbocycles. The van der Waals surface area contributed by atoms with Crippen LogP contribution in [0.15, 0.2) is 24.8 Å². The lowest BCUT2D eigenvalue weighted by Gasteiger charge is -2.00. The summed E-state index contributed by atoms with van der Waals surface area (Å²) in [7, 11) is 3.91. The minimum atomic E-state index is 0.891. The SMILES string of the molecule is Cn1ccnc1-c1nccn1C. The van der Waals surface area contributed by atoms with Crippen molar-refractivity contribution in [2.75, 3.05) is 0 Å². The normalized spacial score (nSPS) is 10.5. The van der Waals surface area contributed by atoms with Crippen LogP contribution in [0, 0.1) is 0 Å². The quantitative estimate of drug-likeness (QED) is 0.622. The number of hydrogen-bond acceptors (Lipinski definition) is 2. The molecule has 12 heavy (non-hydrogen) atoms. The van der Waals surface area contributed by atoms with Gasteiger partial charge >= 0.3 is 0 Å². The van der Waals surface area contributed by atoms with E-state index in [0.717, 1.165) is 11.6 Å². The fraction of sp³-hybridized carbons (Fsp3) is 0.250. The Kier molecular flexibility index (Phi) is 1.46. The zero-order valence-electron chi connectivity index (χ0n) is 7.10. The highest BCUT2D eigenvalue weighted by atomic mass is 15.1. The van der Waals surface area contributed by atoms with Gasteiger partial charge in [-0.2, -0.15) is 0 Å². The van der Waals surface area contributed by atoms with Gasteiger partial charge in [0.05, 0.1) is 0 Å². The van der Waals surface area contributed by atoms with Crippen LogP contribution in [0.1, 0.15) is 0 Å². The van der Waals surface area contributed by atoms with E-state index in [9.17, 15) is 0 Å². The highest BCUT2D eigenvalue weighted by Gasteiger charge is 2.06. The van der Waals surface area contributed by atoms with E-state index in [1.807, 2.05) is 35.6 Å². The molecule has 0 aliphatic heterocycles. The summed E-state index contributed by atoms with van der Waals surface area (Å²) < 4.78 is 3.89. The maximum Gasteiger partial charge on any atom is 0.176 e. The topological polar surface area (TPSA) is 35.6 Å². The molecule has 0 saturated heterocycles. The maximum absolute atomic E-state index is 4.20. The van der Waals surface area contributed by atoms with E-state index >= 15 is 0 Å². The molecular formula is C8H10N4. The van der Waals surface area contributed by atoms with E-state index in [4.69, 9.17) is 0 Å². The molecule has 0 saturated carbocycles. The van der Waals surface area contributed by atoms with Crippen molar-refractivity contribution in [1.82, 2.24) is 19.1 Å². The molecule has 4 heteroatoms. The molecule has 0 fully saturated rings. The molecule has 0 aliphatic rings. The van der Waals surface area contributed by atoms with Crippen molar-refractivity contribution in [2.45, 2.75) is 0 Å². The highest BCUT2D eigenvalue weighted by Crippen LogP contribution is 2.11. The van der Waals surface area contributed by atoms with Gasteiger partial charge in [0.25, 0.3) is 0 Å². The molecular weight excluding hydrogens is 152 g/mol. The molecule has 0 amide bonds. The maximum atomic E-state index is 4.20. The average Bonchev–Trinajstić information content (AvgIpc) is 2.59. The van der Waals surface area contributed by atoms with Crippen LogP contribution in [-0.2, 0) is 14.1 Å². The van der Waals surface area contributed by atoms with Crippen LogP contribution in [0.4, 0.5) is 0 Å². The minimum absolute atomic E-state index is 0.891. The van der Waals surface area contributed by atoms with Crippen LogP contribution in [0.25, 0.3) is 11.6 Å². The van der Waals surface area contributed by atoms with Crippen LogP contribution in [0.5, 0.6) is 0 Å². The largest absolute Gasteiger partial charge is 0.331 e. The summed E-state index contributed by atoms with van der Waals surface area (Å²) in [4.78, 5) is 8.40. The fourth-order valence-electron chi connectivity index (χ4n) is 1.16. The third-order valence-electron chi connectivity index (χ3n) is 1.84. The molecule has 0 atom stereocenters. The van der Waals surface area contributed by atoms with Gasteiger partial charge in [-0.15, -0.1) is 0 Å². The van der Waals surface area contributed by atoms with Gasteiger partial charge in [0.15, 0.2) is 11.6 Å². The molecule has 0 N–H and O–H groups in total. The molecule has 0 bridgehead atoms. The molecule has 62 valence electrons. The molecule has 2 aromatic heterocycles. The van der Waals surface area contributed by atoms with Gasteiger partial charge in [-0.25, -0.2) is 9.97 Å². The number of rotatable bonds is 1. The van der Waals surface area contributed by atoms with Crippen LogP contribution in [0.2, 0.25) is 0 Å². The Hall–Kier alpha value is -1.58. The Labute approximate surface area is 70.5 Å². The number of aryl methyl sites for hydroxylation is 2. The van der Waals surface area contributed by atoms with E-state index in [1.165, 1.54) is 0 Å². The molecule has 0 radical (unpaired) electrons. The lowest BCUT2D eigenvalue weighted by molar-refractivity contribution is 0.860. The predicted octanol–water partition coefficient (Wildman–Crippen LogP) is 0.821. The Morgan fingerprint density at radius 2 is 1.33 bits per heavy atom. The second-order valence-corrected chi connectivity index (χ2v) is 2.72. The Morgan fingerprint density at radius 1 is 0.917 bits per heavy atom. The molecule has 2 rings (SSSR count). The minimum Gasteiger partial charge on any atom is -0.331 e. The molecule has 2 aromatic rings. The van der Waals surface area contributed by atoms with Gasteiger partial charge in [-0.05, 0) is 0 Å². The summed E-state index contributed by atoms with van der Waals surface area (Å²) >= 11 is 0. The van der Waals surface area contributed by atoms with Crippen molar-refractivity contribution >= 4 is 0 Å². The molecule has 0 spiro atoms. The summed E-state index contributed by atoms with van der Waals surface area (Å²) in [6, 6.07) is 0. The van der Waals surface area contributed by atoms with E-state index < -0.39 is 0 Å². The predicted molar refractivity (Wildman–Crippen MR) is 45.4 cm³/mol. The van der Waals surface area contributed by atoms with Crippen LogP contribution < -0.4 is 0 Å². The summed E-state index contributed by atoms with van der Waals surface area (Å²) in [5.74, 6) is 1.78. The first-order valence-corrected chi connectivity index (χ1v) is 3.74. The van der Waals surface area contributed by atoms with E-state index in [0.29, 0.717) is 0 Å². The summed E-state index contributed by atoms with van der Waals surface area (Å²) in [6.45, 7) is 0. The number of imidazole rings is 2. The van der Waals surface area contributed by atoms with Crippen molar-refractivity contribution in [2.24, 2.45) is 14.1 Å². The van der Waals surface area contributed by atoms with Gasteiger partial charge in [0.2, 0.25) is 0 Å². The van der Waals surface area contributed by atoms with Gasteiger partial charge in [-0.1, -0.05) is 0 Å². The average molecular weight is 162 g/mol. The molecule has 0 unspecified atom stereocenters. The first kappa shape index (κ1) is 7.09. The molecule has 4 nitrogen and oxygen atoms in total.